The van der Waals surface area contributed by atoms with Crippen LogP contribution in [0.15, 0.2) is 41.2 Å². The summed E-state index contributed by atoms with van der Waals surface area (Å²) < 4.78 is 74.5. The standard InChI is InChI=1S/C18H22N4O3.2C2HF3O2/c23-17(16-5-8-21-25-16)20-9-14-4-6-18(24-11-14)12-22(13-18)10-15-3-1-2-7-19-15;2*3-2(4,5)1(6)7/h1-3,5,7-8,14H,4,6,9-13H2,(H,20,23);2*(H,6,7). The number of hydrogen-bond donors (Lipinski definition) is 3. The molecule has 17 heteroatoms. The molecule has 0 saturated carbocycles. The third kappa shape index (κ3) is 10.5. The summed E-state index contributed by atoms with van der Waals surface area (Å²) in [4.78, 5) is 36.4. The second-order valence-corrected chi connectivity index (χ2v) is 8.56. The summed E-state index contributed by atoms with van der Waals surface area (Å²) in [6, 6.07) is 7.57. The smallest absolute Gasteiger partial charge is 0.475 e. The van der Waals surface area contributed by atoms with Crippen molar-refractivity contribution in [3.05, 3.63) is 48.1 Å². The maximum Gasteiger partial charge on any atom is 0.490 e. The van der Waals surface area contributed by atoms with Gasteiger partial charge in [0.05, 0.1) is 24.1 Å². The lowest BCUT2D eigenvalue weighted by atomic mass is 9.83. The lowest BCUT2D eigenvalue weighted by molar-refractivity contribution is -0.193. The zero-order valence-electron chi connectivity index (χ0n) is 20.0. The number of pyridine rings is 1. The van der Waals surface area contributed by atoms with Crippen LogP contribution in [0.4, 0.5) is 26.3 Å². The summed E-state index contributed by atoms with van der Waals surface area (Å²) in [5.74, 6) is -5.14. The Morgan fingerprint density at radius 2 is 1.64 bits per heavy atom. The van der Waals surface area contributed by atoms with E-state index in [1.54, 1.807) is 6.07 Å². The first-order valence-corrected chi connectivity index (χ1v) is 11.2. The van der Waals surface area contributed by atoms with Crippen molar-refractivity contribution >= 4 is 17.8 Å². The SMILES string of the molecule is O=C(NCC1CCC2(CN(Cc3ccccn3)C2)OC1)c1ccno1.O=C(O)C(F)(F)F.O=C(O)C(F)(F)F. The molecule has 216 valence electrons. The fourth-order valence-electron chi connectivity index (χ4n) is 3.59. The van der Waals surface area contributed by atoms with E-state index in [2.05, 4.69) is 26.4 Å². The first kappa shape index (κ1) is 31.5. The van der Waals surface area contributed by atoms with Gasteiger partial charge in [0.2, 0.25) is 5.76 Å². The molecule has 0 aromatic carbocycles. The Balaban J connectivity index is 0.000000317. The summed E-state index contributed by atoms with van der Waals surface area (Å²) in [6.07, 6.45) is -4.77. The normalized spacial score (nSPS) is 18.5. The van der Waals surface area contributed by atoms with Crippen molar-refractivity contribution in [1.29, 1.82) is 0 Å². The molecule has 2 aromatic heterocycles. The van der Waals surface area contributed by atoms with Crippen molar-refractivity contribution in [3.8, 4) is 0 Å². The molecular weight excluding hydrogens is 546 g/mol. The molecule has 0 bridgehead atoms. The van der Waals surface area contributed by atoms with Gasteiger partial charge in [-0.05, 0) is 30.9 Å². The molecule has 1 unspecified atom stereocenters. The van der Waals surface area contributed by atoms with E-state index in [9.17, 15) is 31.1 Å². The average molecular weight is 570 g/mol. The minimum Gasteiger partial charge on any atom is -0.475 e. The van der Waals surface area contributed by atoms with Crippen LogP contribution in [0.2, 0.25) is 0 Å². The molecule has 0 aliphatic carbocycles. The highest BCUT2D eigenvalue weighted by Gasteiger charge is 2.46. The van der Waals surface area contributed by atoms with Crippen LogP contribution in [0.5, 0.6) is 0 Å². The zero-order valence-corrected chi connectivity index (χ0v) is 20.0. The van der Waals surface area contributed by atoms with E-state index in [1.165, 1.54) is 6.20 Å². The molecule has 1 atom stereocenters. The molecule has 11 nitrogen and oxygen atoms in total. The number of hydrogen-bond acceptors (Lipinski definition) is 8. The maximum absolute atomic E-state index is 11.9. The van der Waals surface area contributed by atoms with Gasteiger partial charge in [0.25, 0.3) is 5.91 Å². The fraction of sp³-hybridized carbons (Fsp3) is 0.500. The summed E-state index contributed by atoms with van der Waals surface area (Å²) in [6.45, 7) is 4.09. The van der Waals surface area contributed by atoms with E-state index in [4.69, 9.17) is 29.1 Å². The molecule has 2 fully saturated rings. The van der Waals surface area contributed by atoms with Gasteiger partial charge in [-0.15, -0.1) is 0 Å². The fourth-order valence-corrected chi connectivity index (χ4v) is 3.59. The van der Waals surface area contributed by atoms with E-state index in [0.717, 1.165) is 38.2 Å². The van der Waals surface area contributed by atoms with Crippen LogP contribution >= 0.6 is 0 Å². The molecule has 4 rings (SSSR count). The number of carboxylic acid groups (broad SMARTS) is 2. The van der Waals surface area contributed by atoms with Gasteiger partial charge in [0.15, 0.2) is 0 Å². The number of nitrogens with one attached hydrogen (secondary N) is 1. The number of nitrogens with zero attached hydrogens (tertiary/aromatic N) is 3. The third-order valence-corrected chi connectivity index (χ3v) is 5.47. The molecule has 2 aromatic rings. The molecule has 39 heavy (non-hydrogen) atoms. The van der Waals surface area contributed by atoms with Gasteiger partial charge in [0.1, 0.15) is 0 Å². The Labute approximate surface area is 216 Å². The Morgan fingerprint density at radius 3 is 2.08 bits per heavy atom. The minimum atomic E-state index is -5.08. The Morgan fingerprint density at radius 1 is 1.03 bits per heavy atom. The number of amides is 1. The van der Waals surface area contributed by atoms with Crippen molar-refractivity contribution in [3.63, 3.8) is 0 Å². The molecule has 2 saturated heterocycles. The predicted molar refractivity (Wildman–Crippen MR) is 117 cm³/mol. The van der Waals surface area contributed by atoms with Gasteiger partial charge in [-0.2, -0.15) is 26.3 Å². The second-order valence-electron chi connectivity index (χ2n) is 8.56. The van der Waals surface area contributed by atoms with E-state index in [-0.39, 0.29) is 17.3 Å². The summed E-state index contributed by atoms with van der Waals surface area (Å²) in [5.41, 5.74) is 1.10. The molecule has 3 N–H and O–H groups in total. The van der Waals surface area contributed by atoms with Crippen LogP contribution in [0.25, 0.3) is 0 Å². The summed E-state index contributed by atoms with van der Waals surface area (Å²) >= 11 is 0. The van der Waals surface area contributed by atoms with E-state index < -0.39 is 24.3 Å². The highest BCUT2D eigenvalue weighted by molar-refractivity contribution is 5.91. The number of carbonyl (C=O) groups excluding carboxylic acids is 1. The first-order valence-electron chi connectivity index (χ1n) is 11.2. The number of aromatic nitrogens is 2. The van der Waals surface area contributed by atoms with Gasteiger partial charge in [-0.25, -0.2) is 9.59 Å². The monoisotopic (exact) mass is 570 g/mol. The van der Waals surface area contributed by atoms with E-state index in [1.807, 2.05) is 18.3 Å². The number of likely N-dealkylation sites (tertiary alicyclic amines) is 1. The van der Waals surface area contributed by atoms with Crippen LogP contribution in [0.3, 0.4) is 0 Å². The molecule has 2 aliphatic rings. The molecule has 0 radical (unpaired) electrons. The number of halogens is 6. The van der Waals surface area contributed by atoms with Crippen molar-refractivity contribution < 1.29 is 60.2 Å². The van der Waals surface area contributed by atoms with Gasteiger partial charge >= 0.3 is 24.3 Å². The number of rotatable bonds is 5. The lowest BCUT2D eigenvalue weighted by Gasteiger charge is -2.52. The maximum atomic E-state index is 11.9. The predicted octanol–water partition coefficient (Wildman–Crippen LogP) is 2.75. The van der Waals surface area contributed by atoms with E-state index in [0.29, 0.717) is 19.1 Å². The van der Waals surface area contributed by atoms with E-state index >= 15 is 0 Å². The van der Waals surface area contributed by atoms with Crippen LogP contribution in [0, 0.1) is 5.92 Å². The highest BCUT2D eigenvalue weighted by Crippen LogP contribution is 2.36. The number of alkyl halides is 6. The minimum absolute atomic E-state index is 0.000219. The van der Waals surface area contributed by atoms with Crippen LogP contribution < -0.4 is 5.32 Å². The Kier molecular flexibility index (Phi) is 10.8. The third-order valence-electron chi connectivity index (χ3n) is 5.47. The first-order chi connectivity index (χ1) is 18.1. The quantitative estimate of drug-likeness (QED) is 0.457. The largest absolute Gasteiger partial charge is 0.490 e. The van der Waals surface area contributed by atoms with Gasteiger partial charge in [0, 0.05) is 38.4 Å². The lowest BCUT2D eigenvalue weighted by Crippen LogP contribution is -2.64. The average Bonchev–Trinajstić information content (AvgIpc) is 3.38. The second kappa shape index (κ2) is 13.4. The van der Waals surface area contributed by atoms with Crippen molar-refractivity contribution in [2.75, 3.05) is 26.2 Å². The van der Waals surface area contributed by atoms with Gasteiger partial charge < -0.3 is 24.8 Å². The molecule has 2 aliphatic heterocycles. The number of carbonyl (C=O) groups is 3. The topological polar surface area (TPSA) is 155 Å². The number of aliphatic carboxylic acids is 2. The van der Waals surface area contributed by atoms with Crippen LogP contribution in [-0.2, 0) is 20.9 Å². The number of carboxylic acids is 2. The molecule has 1 spiro atoms. The zero-order chi connectivity index (χ0) is 29.3. The highest BCUT2D eigenvalue weighted by atomic mass is 19.4. The van der Waals surface area contributed by atoms with Crippen LogP contribution in [-0.4, -0.2) is 87.3 Å². The van der Waals surface area contributed by atoms with Gasteiger partial charge in [-0.1, -0.05) is 11.2 Å². The Bertz CT molecular complexity index is 1040. The summed E-state index contributed by atoms with van der Waals surface area (Å²) in [5, 5.41) is 20.7. The molecular formula is C22H24F6N4O7. The van der Waals surface area contributed by atoms with Gasteiger partial charge in [-0.3, -0.25) is 14.7 Å². The van der Waals surface area contributed by atoms with Crippen molar-refractivity contribution in [2.45, 2.75) is 37.3 Å². The molecule has 1 amide bonds. The van der Waals surface area contributed by atoms with Crippen molar-refractivity contribution in [1.82, 2.24) is 20.4 Å². The summed E-state index contributed by atoms with van der Waals surface area (Å²) in [7, 11) is 0. The number of ether oxygens (including phenoxy) is 1. The molecule has 4 heterocycles. The Hall–Kier alpha value is -3.73. The van der Waals surface area contributed by atoms with Crippen LogP contribution in [0.1, 0.15) is 29.1 Å². The van der Waals surface area contributed by atoms with Crippen molar-refractivity contribution in [2.24, 2.45) is 5.92 Å².